The lowest BCUT2D eigenvalue weighted by Gasteiger charge is -2.29. The molecule has 32 heavy (non-hydrogen) atoms. The minimum absolute atomic E-state index is 0.110. The lowest BCUT2D eigenvalue weighted by molar-refractivity contribution is -0.119. The van der Waals surface area contributed by atoms with Crippen LogP contribution < -0.4 is 4.90 Å². The van der Waals surface area contributed by atoms with Gasteiger partial charge in [-0.1, -0.05) is 0 Å². The number of nitrogens with one attached hydrogen (secondary N) is 1. The first kappa shape index (κ1) is 20.6. The number of H-pyrrole nitrogens is 1. The largest absolute Gasteiger partial charge is 0.350 e. The monoisotopic (exact) mass is 435 g/mol. The number of amides is 2. The number of carbonyl (C=O) groups is 2. The van der Waals surface area contributed by atoms with E-state index in [-0.39, 0.29) is 24.2 Å². The molecule has 166 valence electrons. The second kappa shape index (κ2) is 7.69. The fourth-order valence-electron chi connectivity index (χ4n) is 4.44. The summed E-state index contributed by atoms with van der Waals surface area (Å²) < 4.78 is 13.6. The Morgan fingerprint density at radius 3 is 2.78 bits per heavy atom. The summed E-state index contributed by atoms with van der Waals surface area (Å²) in [6, 6.07) is 4.43. The summed E-state index contributed by atoms with van der Waals surface area (Å²) in [4.78, 5) is 41.5. The molecule has 1 aliphatic heterocycles. The highest BCUT2D eigenvalue weighted by atomic mass is 19.1. The molecule has 0 atom stereocenters. The first-order valence-electron chi connectivity index (χ1n) is 11.0. The smallest absolute Gasteiger partial charge is 0.270 e. The maximum absolute atomic E-state index is 13.6. The van der Waals surface area contributed by atoms with Gasteiger partial charge < -0.3 is 9.88 Å². The average Bonchev–Trinajstić information content (AvgIpc) is 3.52. The van der Waals surface area contributed by atoms with Gasteiger partial charge in [0.2, 0.25) is 5.91 Å². The second-order valence-corrected chi connectivity index (χ2v) is 8.95. The Balaban J connectivity index is 1.42. The van der Waals surface area contributed by atoms with E-state index >= 15 is 0 Å². The topological polar surface area (TPSA) is 82.2 Å². The van der Waals surface area contributed by atoms with Crippen molar-refractivity contribution in [3.63, 3.8) is 0 Å². The molecule has 0 bridgehead atoms. The number of hydrogen-bond donors (Lipinski definition) is 1. The maximum atomic E-state index is 13.6. The van der Waals surface area contributed by atoms with E-state index in [1.165, 1.54) is 12.1 Å². The van der Waals surface area contributed by atoms with Crippen LogP contribution in [-0.4, -0.2) is 45.3 Å². The van der Waals surface area contributed by atoms with Crippen molar-refractivity contribution in [2.75, 3.05) is 18.5 Å². The molecule has 3 aromatic rings. The van der Waals surface area contributed by atoms with Crippen LogP contribution in [0.3, 0.4) is 0 Å². The minimum atomic E-state index is -0.338. The predicted octanol–water partition coefficient (Wildman–Crippen LogP) is 3.68. The van der Waals surface area contributed by atoms with E-state index in [9.17, 15) is 14.0 Å². The first-order valence-corrected chi connectivity index (χ1v) is 11.0. The van der Waals surface area contributed by atoms with E-state index in [0.717, 1.165) is 29.6 Å². The van der Waals surface area contributed by atoms with Crippen LogP contribution in [0.5, 0.6) is 0 Å². The molecule has 3 heterocycles. The summed E-state index contributed by atoms with van der Waals surface area (Å²) in [5.41, 5.74) is 3.73. The van der Waals surface area contributed by atoms with E-state index in [1.54, 1.807) is 24.9 Å². The van der Waals surface area contributed by atoms with Crippen LogP contribution >= 0.6 is 0 Å². The van der Waals surface area contributed by atoms with Crippen molar-refractivity contribution in [1.29, 1.82) is 0 Å². The third kappa shape index (κ3) is 3.63. The summed E-state index contributed by atoms with van der Waals surface area (Å²) in [6.07, 6.45) is 3.45. The Bertz CT molecular complexity index is 1250. The number of hydrogen-bond acceptors (Lipinski definition) is 4. The Labute approximate surface area is 185 Å². The zero-order valence-corrected chi connectivity index (χ0v) is 18.5. The molecule has 7 nitrogen and oxygen atoms in total. The Hall–Kier alpha value is -3.29. The molecular weight excluding hydrogens is 409 g/mol. The Kier molecular flexibility index (Phi) is 4.95. The number of benzene rings is 1. The molecule has 1 fully saturated rings. The number of halogens is 1. The molecule has 2 aromatic heterocycles. The van der Waals surface area contributed by atoms with Crippen molar-refractivity contribution in [1.82, 2.24) is 19.9 Å². The molecule has 0 radical (unpaired) electrons. The fourth-order valence-corrected chi connectivity index (χ4v) is 4.44. The first-order chi connectivity index (χ1) is 15.3. The lowest BCUT2D eigenvalue weighted by atomic mass is 10.0. The summed E-state index contributed by atoms with van der Waals surface area (Å²) >= 11 is 0. The van der Waals surface area contributed by atoms with Gasteiger partial charge in [0.15, 0.2) is 0 Å². The summed E-state index contributed by atoms with van der Waals surface area (Å²) in [7, 11) is 1.69. The highest BCUT2D eigenvalue weighted by Gasteiger charge is 2.33. The predicted molar refractivity (Wildman–Crippen MR) is 119 cm³/mol. The average molecular weight is 436 g/mol. The van der Waals surface area contributed by atoms with Gasteiger partial charge >= 0.3 is 0 Å². The van der Waals surface area contributed by atoms with Gasteiger partial charge in [-0.25, -0.2) is 14.4 Å². The maximum Gasteiger partial charge on any atom is 0.270 e. The second-order valence-electron chi connectivity index (χ2n) is 8.95. The molecule has 0 spiro atoms. The van der Waals surface area contributed by atoms with Gasteiger partial charge in [0.05, 0.1) is 6.54 Å². The molecule has 1 aromatic carbocycles. The molecule has 0 saturated heterocycles. The number of fused-ring (bicyclic) bond motifs is 2. The zero-order valence-electron chi connectivity index (χ0n) is 18.5. The van der Waals surface area contributed by atoms with E-state index in [2.05, 4.69) is 9.97 Å². The van der Waals surface area contributed by atoms with E-state index in [0.29, 0.717) is 53.6 Å². The quantitative estimate of drug-likeness (QED) is 0.663. The van der Waals surface area contributed by atoms with Crippen molar-refractivity contribution in [3.05, 3.63) is 52.4 Å². The van der Waals surface area contributed by atoms with Gasteiger partial charge in [0.25, 0.3) is 5.91 Å². The third-order valence-corrected chi connectivity index (χ3v) is 6.48. The van der Waals surface area contributed by atoms with Crippen molar-refractivity contribution in [2.24, 2.45) is 5.92 Å². The SMILES string of the molecule is Cc1nc(CN(C)C(=O)c2[nH]c3ccc(F)cc3c2C)nc2c1CCC(=O)N2CC1CC1. The summed E-state index contributed by atoms with van der Waals surface area (Å²) in [5, 5.41) is 0.692. The van der Waals surface area contributed by atoms with Crippen molar-refractivity contribution >= 4 is 28.5 Å². The Morgan fingerprint density at radius 1 is 1.25 bits per heavy atom. The van der Waals surface area contributed by atoms with Crippen molar-refractivity contribution in [2.45, 2.75) is 46.1 Å². The molecule has 5 rings (SSSR count). The summed E-state index contributed by atoms with van der Waals surface area (Å²) in [5.74, 6) is 1.32. The Morgan fingerprint density at radius 2 is 2.03 bits per heavy atom. The van der Waals surface area contributed by atoms with Crippen LogP contribution in [0.25, 0.3) is 10.9 Å². The third-order valence-electron chi connectivity index (χ3n) is 6.48. The molecule has 1 saturated carbocycles. The normalized spacial score (nSPS) is 15.9. The van der Waals surface area contributed by atoms with E-state index in [1.807, 2.05) is 11.8 Å². The molecular formula is C24H26FN5O2. The number of carbonyl (C=O) groups excluding carboxylic acids is 2. The van der Waals surface area contributed by atoms with Crippen LogP contribution in [0.4, 0.5) is 10.2 Å². The van der Waals surface area contributed by atoms with E-state index < -0.39 is 0 Å². The fraction of sp³-hybridized carbons (Fsp3) is 0.417. The molecule has 1 aliphatic carbocycles. The molecule has 1 N–H and O–H groups in total. The number of anilines is 1. The van der Waals surface area contributed by atoms with Crippen LogP contribution in [0.15, 0.2) is 18.2 Å². The number of aromatic nitrogens is 3. The molecule has 2 aliphatic rings. The van der Waals surface area contributed by atoms with Crippen LogP contribution in [-0.2, 0) is 17.8 Å². The van der Waals surface area contributed by atoms with Gasteiger partial charge in [-0.2, -0.15) is 0 Å². The van der Waals surface area contributed by atoms with Gasteiger partial charge in [0, 0.05) is 42.2 Å². The highest BCUT2D eigenvalue weighted by molar-refractivity contribution is 6.00. The van der Waals surface area contributed by atoms with Crippen LogP contribution in [0.2, 0.25) is 0 Å². The lowest BCUT2D eigenvalue weighted by Crippen LogP contribution is -2.38. The minimum Gasteiger partial charge on any atom is -0.350 e. The standard InChI is InChI=1S/C24H26FN5O2/c1-13-18-10-16(25)6-8-19(18)27-22(13)24(32)29(3)12-20-26-14(2)17-7-9-21(31)30(23(17)28-20)11-15-4-5-15/h6,8,10,15,27H,4-5,7,9,11-12H2,1-3H3. The van der Waals surface area contributed by atoms with Gasteiger partial charge in [0.1, 0.15) is 23.2 Å². The highest BCUT2D eigenvalue weighted by Crippen LogP contribution is 2.35. The van der Waals surface area contributed by atoms with Crippen molar-refractivity contribution < 1.29 is 14.0 Å². The number of aromatic amines is 1. The number of aryl methyl sites for hydroxylation is 2. The van der Waals surface area contributed by atoms with Crippen LogP contribution in [0, 0.1) is 25.6 Å². The van der Waals surface area contributed by atoms with E-state index in [4.69, 9.17) is 4.98 Å². The van der Waals surface area contributed by atoms with Crippen molar-refractivity contribution in [3.8, 4) is 0 Å². The van der Waals surface area contributed by atoms with Gasteiger partial charge in [-0.15, -0.1) is 0 Å². The van der Waals surface area contributed by atoms with Gasteiger partial charge in [-0.05, 0) is 62.8 Å². The zero-order chi connectivity index (χ0) is 22.6. The molecule has 0 unspecified atom stereocenters. The molecule has 8 heteroatoms. The van der Waals surface area contributed by atoms with Crippen LogP contribution in [0.1, 0.15) is 52.4 Å². The molecule has 2 amide bonds. The number of rotatable bonds is 5. The number of nitrogens with zero attached hydrogens (tertiary/aromatic N) is 4. The summed E-state index contributed by atoms with van der Waals surface area (Å²) in [6.45, 7) is 4.66. The van der Waals surface area contributed by atoms with Gasteiger partial charge in [-0.3, -0.25) is 14.5 Å².